The molecule has 2 aliphatic carbocycles. The second kappa shape index (κ2) is 6.20. The van der Waals surface area contributed by atoms with E-state index in [1.165, 1.54) is 44.1 Å². The first-order chi connectivity index (χ1) is 8.29. The van der Waals surface area contributed by atoms with Crippen molar-refractivity contribution in [2.45, 2.75) is 57.8 Å². The van der Waals surface area contributed by atoms with Crippen LogP contribution in [0.3, 0.4) is 0 Å². The molecule has 1 saturated carbocycles. The Balaban J connectivity index is 1.81. The summed E-state index contributed by atoms with van der Waals surface area (Å²) >= 11 is 0. The van der Waals surface area contributed by atoms with E-state index in [0.717, 1.165) is 24.7 Å². The number of rotatable bonds is 3. The number of hydrogen-bond acceptors (Lipinski definition) is 2. The summed E-state index contributed by atoms with van der Waals surface area (Å²) < 4.78 is 0. The van der Waals surface area contributed by atoms with E-state index >= 15 is 0 Å². The Labute approximate surface area is 103 Å². The highest BCUT2D eigenvalue weighted by molar-refractivity contribution is 5.77. The number of allylic oxidation sites excluding steroid dienone is 1. The van der Waals surface area contributed by atoms with Crippen LogP contribution in [0.15, 0.2) is 11.6 Å². The van der Waals surface area contributed by atoms with Crippen molar-refractivity contribution in [3.63, 3.8) is 0 Å². The van der Waals surface area contributed by atoms with Gasteiger partial charge in [-0.1, -0.05) is 43.8 Å². The van der Waals surface area contributed by atoms with Gasteiger partial charge in [0.25, 0.3) is 0 Å². The lowest BCUT2D eigenvalue weighted by atomic mass is 9.74. The molecule has 1 fully saturated rings. The van der Waals surface area contributed by atoms with Gasteiger partial charge in [-0.3, -0.25) is 10.0 Å². The number of nitrogens with one attached hydrogen (secondary N) is 1. The van der Waals surface area contributed by atoms with E-state index in [4.69, 9.17) is 5.21 Å². The molecule has 0 radical (unpaired) electrons. The van der Waals surface area contributed by atoms with E-state index in [1.54, 1.807) is 5.48 Å². The van der Waals surface area contributed by atoms with Gasteiger partial charge >= 0.3 is 0 Å². The second-order valence-electron chi connectivity index (χ2n) is 5.51. The van der Waals surface area contributed by atoms with Crippen molar-refractivity contribution >= 4 is 5.91 Å². The monoisotopic (exact) mass is 237 g/mol. The minimum absolute atomic E-state index is 0.285. The van der Waals surface area contributed by atoms with Gasteiger partial charge in [-0.05, 0) is 31.1 Å². The van der Waals surface area contributed by atoms with Crippen LogP contribution in [0.5, 0.6) is 0 Å². The highest BCUT2D eigenvalue weighted by Gasteiger charge is 2.25. The quantitative estimate of drug-likeness (QED) is 0.450. The lowest BCUT2D eigenvalue weighted by Crippen LogP contribution is -2.22. The maximum Gasteiger partial charge on any atom is 0.247 e. The van der Waals surface area contributed by atoms with Crippen molar-refractivity contribution < 1.29 is 10.0 Å². The zero-order valence-electron chi connectivity index (χ0n) is 10.5. The third-order valence-electron chi connectivity index (χ3n) is 4.37. The fourth-order valence-corrected chi connectivity index (χ4v) is 3.35. The first-order valence-corrected chi connectivity index (χ1v) is 6.90. The molecule has 3 nitrogen and oxygen atoms in total. The molecule has 2 aliphatic rings. The van der Waals surface area contributed by atoms with Crippen LogP contribution in [0.4, 0.5) is 0 Å². The van der Waals surface area contributed by atoms with E-state index in [0.29, 0.717) is 6.42 Å². The van der Waals surface area contributed by atoms with Crippen LogP contribution in [0.1, 0.15) is 57.8 Å². The van der Waals surface area contributed by atoms with Crippen LogP contribution >= 0.6 is 0 Å². The lowest BCUT2D eigenvalue weighted by molar-refractivity contribution is -0.128. The summed E-state index contributed by atoms with van der Waals surface area (Å²) in [4.78, 5) is 11.1. The molecule has 2 N–H and O–H groups in total. The summed E-state index contributed by atoms with van der Waals surface area (Å²) in [5.41, 5.74) is 2.90. The summed E-state index contributed by atoms with van der Waals surface area (Å²) in [6.07, 6.45) is 13.1. The van der Waals surface area contributed by atoms with Gasteiger partial charge in [-0.15, -0.1) is 0 Å². The molecule has 0 spiro atoms. The molecule has 1 unspecified atom stereocenters. The molecule has 17 heavy (non-hydrogen) atoms. The van der Waals surface area contributed by atoms with E-state index < -0.39 is 0 Å². The van der Waals surface area contributed by atoms with Crippen LogP contribution < -0.4 is 5.48 Å². The van der Waals surface area contributed by atoms with E-state index in [-0.39, 0.29) is 5.91 Å². The van der Waals surface area contributed by atoms with Crippen molar-refractivity contribution in [2.75, 3.05) is 0 Å². The molecule has 1 amide bonds. The summed E-state index contributed by atoms with van der Waals surface area (Å²) in [7, 11) is 0. The maximum absolute atomic E-state index is 11.1. The van der Waals surface area contributed by atoms with Crippen LogP contribution in [0.2, 0.25) is 0 Å². The Bertz CT molecular complexity index is 293. The fraction of sp³-hybridized carbons (Fsp3) is 0.786. The molecule has 0 bridgehead atoms. The highest BCUT2D eigenvalue weighted by Crippen LogP contribution is 2.38. The molecule has 0 aliphatic heterocycles. The Morgan fingerprint density at radius 2 is 2.00 bits per heavy atom. The van der Waals surface area contributed by atoms with Crippen molar-refractivity contribution in [3.8, 4) is 0 Å². The minimum atomic E-state index is -0.285. The van der Waals surface area contributed by atoms with E-state index in [9.17, 15) is 4.79 Å². The zero-order valence-corrected chi connectivity index (χ0v) is 10.5. The molecular formula is C14H23NO2. The molecule has 0 aromatic carbocycles. The number of amides is 1. The van der Waals surface area contributed by atoms with Crippen LogP contribution in [0, 0.1) is 11.8 Å². The smallest absolute Gasteiger partial charge is 0.247 e. The molecule has 2 rings (SSSR count). The van der Waals surface area contributed by atoms with Crippen molar-refractivity contribution in [1.29, 1.82) is 0 Å². The fourth-order valence-electron chi connectivity index (χ4n) is 3.35. The molecule has 0 saturated heterocycles. The molecule has 3 heteroatoms. The van der Waals surface area contributed by atoms with Gasteiger partial charge in [0.15, 0.2) is 0 Å². The standard InChI is InChI=1S/C14H23NO2/c16-14(15-17)10-11-6-8-13(9-7-11)12-4-2-1-3-5-12/h6,12-13,17H,1-5,7-10H2,(H,15,16). The molecule has 0 heterocycles. The summed E-state index contributed by atoms with van der Waals surface area (Å²) in [6, 6.07) is 0. The van der Waals surface area contributed by atoms with Crippen LogP contribution in [-0.4, -0.2) is 11.1 Å². The Hall–Kier alpha value is -0.830. The molecule has 0 aromatic rings. The topological polar surface area (TPSA) is 49.3 Å². The Kier molecular flexibility index (Phi) is 4.60. The molecule has 1 atom stereocenters. The third-order valence-corrected chi connectivity index (χ3v) is 4.37. The SMILES string of the molecule is O=C(CC1=CCC(C2CCCCC2)CC1)NO. The normalized spacial score (nSPS) is 26.4. The Morgan fingerprint density at radius 1 is 1.24 bits per heavy atom. The third kappa shape index (κ3) is 3.56. The first-order valence-electron chi connectivity index (χ1n) is 6.90. The summed E-state index contributed by atoms with van der Waals surface area (Å²) in [5.74, 6) is 1.48. The molecule has 0 aromatic heterocycles. The average Bonchev–Trinajstić information content (AvgIpc) is 2.40. The average molecular weight is 237 g/mol. The van der Waals surface area contributed by atoms with Gasteiger partial charge in [0.05, 0.1) is 0 Å². The predicted molar refractivity (Wildman–Crippen MR) is 66.5 cm³/mol. The molecule has 96 valence electrons. The highest BCUT2D eigenvalue weighted by atomic mass is 16.5. The minimum Gasteiger partial charge on any atom is -0.289 e. The number of hydroxylamine groups is 1. The Morgan fingerprint density at radius 3 is 2.59 bits per heavy atom. The number of hydrogen-bond donors (Lipinski definition) is 2. The van der Waals surface area contributed by atoms with Gasteiger partial charge < -0.3 is 0 Å². The van der Waals surface area contributed by atoms with Gasteiger partial charge in [0.1, 0.15) is 0 Å². The van der Waals surface area contributed by atoms with E-state index in [1.807, 2.05) is 0 Å². The van der Waals surface area contributed by atoms with E-state index in [2.05, 4.69) is 6.08 Å². The van der Waals surface area contributed by atoms with Crippen LogP contribution in [-0.2, 0) is 4.79 Å². The number of carbonyl (C=O) groups excluding carboxylic acids is 1. The largest absolute Gasteiger partial charge is 0.289 e. The first kappa shape index (κ1) is 12.6. The van der Waals surface area contributed by atoms with Crippen molar-refractivity contribution in [1.82, 2.24) is 5.48 Å². The molecular weight excluding hydrogens is 214 g/mol. The van der Waals surface area contributed by atoms with Gasteiger partial charge in [-0.2, -0.15) is 0 Å². The second-order valence-corrected chi connectivity index (χ2v) is 5.51. The number of carbonyl (C=O) groups is 1. The van der Waals surface area contributed by atoms with Gasteiger partial charge in [0.2, 0.25) is 5.91 Å². The van der Waals surface area contributed by atoms with Gasteiger partial charge in [0, 0.05) is 6.42 Å². The van der Waals surface area contributed by atoms with Crippen molar-refractivity contribution in [3.05, 3.63) is 11.6 Å². The van der Waals surface area contributed by atoms with Crippen molar-refractivity contribution in [2.24, 2.45) is 11.8 Å². The zero-order chi connectivity index (χ0) is 12.1. The lowest BCUT2D eigenvalue weighted by Gasteiger charge is -2.32. The summed E-state index contributed by atoms with van der Waals surface area (Å²) in [6.45, 7) is 0. The summed E-state index contributed by atoms with van der Waals surface area (Å²) in [5, 5.41) is 8.49. The van der Waals surface area contributed by atoms with Crippen LogP contribution in [0.25, 0.3) is 0 Å². The predicted octanol–water partition coefficient (Wildman–Crippen LogP) is 3.19. The van der Waals surface area contributed by atoms with Gasteiger partial charge in [-0.25, -0.2) is 5.48 Å². The maximum atomic E-state index is 11.1.